The Morgan fingerprint density at radius 3 is 2.57 bits per heavy atom. The Labute approximate surface area is 124 Å². The molecule has 0 aliphatic rings. The molecule has 6 nitrogen and oxygen atoms in total. The van der Waals surface area contributed by atoms with Gasteiger partial charge in [-0.3, -0.25) is 4.98 Å². The zero-order valence-electron chi connectivity index (χ0n) is 10.6. The number of aromatic nitrogens is 1. The number of sulfonamides is 1. The molecule has 1 rings (SSSR count). The van der Waals surface area contributed by atoms with Gasteiger partial charge >= 0.3 is 6.18 Å². The normalized spacial score (nSPS) is 12.3. The van der Waals surface area contributed by atoms with Crippen molar-refractivity contribution in [2.24, 2.45) is 5.73 Å². The monoisotopic (exact) mass is 343 g/mol. The first-order chi connectivity index (χ1) is 9.62. The molecule has 0 aliphatic carbocycles. The van der Waals surface area contributed by atoms with Crippen molar-refractivity contribution in [1.82, 2.24) is 9.71 Å². The Balaban J connectivity index is 2.52. The SMILES string of the molecule is NC(=S)c1ccc(S(=O)(=O)NCCOCC(F)(F)F)cn1. The molecule has 1 heterocycles. The summed E-state index contributed by atoms with van der Waals surface area (Å²) < 4.78 is 65.3. The van der Waals surface area contributed by atoms with E-state index < -0.39 is 29.4 Å². The molecule has 3 N–H and O–H groups in total. The second-order valence-electron chi connectivity index (χ2n) is 3.81. The van der Waals surface area contributed by atoms with Crippen LogP contribution in [0.4, 0.5) is 13.2 Å². The highest BCUT2D eigenvalue weighted by Crippen LogP contribution is 2.14. The van der Waals surface area contributed by atoms with Crippen molar-refractivity contribution in [2.75, 3.05) is 19.8 Å². The lowest BCUT2D eigenvalue weighted by molar-refractivity contribution is -0.173. The largest absolute Gasteiger partial charge is 0.411 e. The predicted octanol–water partition coefficient (Wildman–Crippen LogP) is 0.573. The lowest BCUT2D eigenvalue weighted by Crippen LogP contribution is -2.29. The van der Waals surface area contributed by atoms with Gasteiger partial charge in [-0.1, -0.05) is 12.2 Å². The molecule has 0 saturated carbocycles. The van der Waals surface area contributed by atoms with Gasteiger partial charge in [-0.2, -0.15) is 13.2 Å². The van der Waals surface area contributed by atoms with E-state index in [9.17, 15) is 21.6 Å². The molecule has 0 unspecified atom stereocenters. The first-order valence-electron chi connectivity index (χ1n) is 5.52. The molecule has 0 fully saturated rings. The van der Waals surface area contributed by atoms with Gasteiger partial charge in [0.15, 0.2) is 0 Å². The Morgan fingerprint density at radius 1 is 1.43 bits per heavy atom. The standard InChI is InChI=1S/C10H12F3N3O3S2/c11-10(12,13)6-19-4-3-16-21(17,18)7-1-2-8(9(14)20)15-5-7/h1-2,5,16H,3-4,6H2,(H2,14,20). The van der Waals surface area contributed by atoms with Gasteiger partial charge in [0, 0.05) is 12.7 Å². The van der Waals surface area contributed by atoms with Crippen LogP contribution in [0.3, 0.4) is 0 Å². The summed E-state index contributed by atoms with van der Waals surface area (Å²) >= 11 is 4.67. The van der Waals surface area contributed by atoms with Crippen LogP contribution in [0, 0.1) is 0 Å². The van der Waals surface area contributed by atoms with Crippen LogP contribution >= 0.6 is 12.2 Å². The summed E-state index contributed by atoms with van der Waals surface area (Å²) in [5.41, 5.74) is 5.58. The number of halogens is 3. The molecule has 21 heavy (non-hydrogen) atoms. The Bertz CT molecular complexity index is 588. The molecule has 0 saturated heterocycles. The van der Waals surface area contributed by atoms with Gasteiger partial charge < -0.3 is 10.5 Å². The van der Waals surface area contributed by atoms with Crippen molar-refractivity contribution in [2.45, 2.75) is 11.1 Å². The summed E-state index contributed by atoms with van der Waals surface area (Å²) in [5, 5.41) is 0. The summed E-state index contributed by atoms with van der Waals surface area (Å²) in [6.45, 7) is -2.13. The molecule has 0 radical (unpaired) electrons. The van der Waals surface area contributed by atoms with Crippen molar-refractivity contribution in [3.05, 3.63) is 24.0 Å². The first kappa shape index (κ1) is 17.8. The van der Waals surface area contributed by atoms with Crippen molar-refractivity contribution in [3.8, 4) is 0 Å². The van der Waals surface area contributed by atoms with Gasteiger partial charge in [-0.25, -0.2) is 13.1 Å². The maximum atomic E-state index is 11.8. The molecular weight excluding hydrogens is 331 g/mol. The van der Waals surface area contributed by atoms with Gasteiger partial charge in [-0.15, -0.1) is 0 Å². The number of nitrogens with two attached hydrogens (primary N) is 1. The van der Waals surface area contributed by atoms with Crippen LogP contribution in [0.25, 0.3) is 0 Å². The van der Waals surface area contributed by atoms with E-state index in [1.54, 1.807) is 0 Å². The molecule has 0 aliphatic heterocycles. The summed E-state index contributed by atoms with van der Waals surface area (Å²) in [5.74, 6) is 0. The summed E-state index contributed by atoms with van der Waals surface area (Å²) in [6.07, 6.45) is -3.40. The highest BCUT2D eigenvalue weighted by atomic mass is 32.2. The third-order valence-electron chi connectivity index (χ3n) is 2.10. The molecule has 0 aromatic carbocycles. The molecule has 1 aromatic rings. The summed E-state index contributed by atoms with van der Waals surface area (Å²) in [7, 11) is -3.88. The molecular formula is C10H12F3N3O3S2. The number of hydrogen-bond donors (Lipinski definition) is 2. The number of ether oxygens (including phenoxy) is 1. The second-order valence-corrected chi connectivity index (χ2v) is 6.02. The van der Waals surface area contributed by atoms with Crippen LogP contribution in [0.5, 0.6) is 0 Å². The zero-order valence-corrected chi connectivity index (χ0v) is 12.2. The molecule has 0 bridgehead atoms. The number of hydrogen-bond acceptors (Lipinski definition) is 5. The van der Waals surface area contributed by atoms with E-state index in [1.807, 2.05) is 0 Å². The van der Waals surface area contributed by atoms with Crippen LogP contribution < -0.4 is 10.5 Å². The lowest BCUT2D eigenvalue weighted by Gasteiger charge is -2.09. The molecule has 0 spiro atoms. The molecule has 0 atom stereocenters. The smallest absolute Gasteiger partial charge is 0.388 e. The number of thiocarbonyl (C=S) groups is 1. The molecule has 0 amide bonds. The third-order valence-corrected chi connectivity index (χ3v) is 3.76. The van der Waals surface area contributed by atoms with E-state index in [-0.39, 0.29) is 22.1 Å². The molecule has 118 valence electrons. The maximum absolute atomic E-state index is 11.8. The lowest BCUT2D eigenvalue weighted by atomic mass is 10.3. The second kappa shape index (κ2) is 7.11. The Morgan fingerprint density at radius 2 is 2.10 bits per heavy atom. The van der Waals surface area contributed by atoms with Crippen LogP contribution in [0.2, 0.25) is 0 Å². The Hall–Kier alpha value is -1.30. The van der Waals surface area contributed by atoms with Gasteiger partial charge in [0.05, 0.1) is 12.3 Å². The average Bonchev–Trinajstić information content (AvgIpc) is 2.37. The number of alkyl halides is 3. The quantitative estimate of drug-likeness (QED) is 0.555. The average molecular weight is 343 g/mol. The highest BCUT2D eigenvalue weighted by Gasteiger charge is 2.27. The number of nitrogens with one attached hydrogen (secondary N) is 1. The van der Waals surface area contributed by atoms with Crippen molar-refractivity contribution in [1.29, 1.82) is 0 Å². The van der Waals surface area contributed by atoms with Crippen molar-refractivity contribution >= 4 is 27.2 Å². The fourth-order valence-corrected chi connectivity index (χ4v) is 2.28. The van der Waals surface area contributed by atoms with E-state index in [1.165, 1.54) is 12.1 Å². The van der Waals surface area contributed by atoms with Crippen LogP contribution in [0.1, 0.15) is 5.69 Å². The Kier molecular flexibility index (Phi) is 6.01. The number of pyridine rings is 1. The molecule has 1 aromatic heterocycles. The minimum Gasteiger partial charge on any atom is -0.388 e. The maximum Gasteiger partial charge on any atom is 0.411 e. The van der Waals surface area contributed by atoms with Crippen molar-refractivity contribution in [3.63, 3.8) is 0 Å². The minimum atomic E-state index is -4.45. The van der Waals surface area contributed by atoms with Crippen molar-refractivity contribution < 1.29 is 26.3 Å². The summed E-state index contributed by atoms with van der Waals surface area (Å²) in [6, 6.07) is 2.57. The van der Waals surface area contributed by atoms with Gasteiger partial charge in [0.1, 0.15) is 16.5 Å². The van der Waals surface area contributed by atoms with E-state index >= 15 is 0 Å². The fourth-order valence-electron chi connectivity index (χ4n) is 1.20. The predicted molar refractivity (Wildman–Crippen MR) is 72.2 cm³/mol. The third kappa shape index (κ3) is 6.33. The zero-order chi connectivity index (χ0) is 16.1. The minimum absolute atomic E-state index is 0.0208. The van der Waals surface area contributed by atoms with Crippen LogP contribution in [-0.4, -0.2) is 44.3 Å². The number of rotatable bonds is 7. The molecule has 11 heteroatoms. The van der Waals surface area contributed by atoms with Crippen LogP contribution in [0.15, 0.2) is 23.2 Å². The van der Waals surface area contributed by atoms with E-state index in [0.29, 0.717) is 0 Å². The number of nitrogens with zero attached hydrogens (tertiary/aromatic N) is 1. The van der Waals surface area contributed by atoms with Gasteiger partial charge in [0.25, 0.3) is 0 Å². The first-order valence-corrected chi connectivity index (χ1v) is 7.41. The van der Waals surface area contributed by atoms with Gasteiger partial charge in [-0.05, 0) is 12.1 Å². The van der Waals surface area contributed by atoms with E-state index in [0.717, 1.165) is 6.20 Å². The van der Waals surface area contributed by atoms with Crippen LogP contribution in [-0.2, 0) is 14.8 Å². The summed E-state index contributed by atoms with van der Waals surface area (Å²) in [4.78, 5) is 3.62. The topological polar surface area (TPSA) is 94.3 Å². The van der Waals surface area contributed by atoms with E-state index in [4.69, 9.17) is 5.73 Å². The fraction of sp³-hybridized carbons (Fsp3) is 0.400. The van der Waals surface area contributed by atoms with E-state index in [2.05, 4.69) is 26.7 Å². The highest BCUT2D eigenvalue weighted by molar-refractivity contribution is 7.89. The van der Waals surface area contributed by atoms with Gasteiger partial charge in [0.2, 0.25) is 10.0 Å².